The number of rotatable bonds is 2. The van der Waals surface area contributed by atoms with Crippen molar-refractivity contribution in [3.63, 3.8) is 0 Å². The second kappa shape index (κ2) is 4.91. The van der Waals surface area contributed by atoms with Crippen LogP contribution in [0.4, 0.5) is 11.4 Å². The van der Waals surface area contributed by atoms with E-state index in [-0.39, 0.29) is 5.91 Å². The first-order chi connectivity index (χ1) is 8.59. The summed E-state index contributed by atoms with van der Waals surface area (Å²) in [6, 6.07) is 7.57. The molecule has 0 spiro atoms. The van der Waals surface area contributed by atoms with Gasteiger partial charge in [0.05, 0.1) is 11.4 Å². The standard InChI is InChI=1S/C13H14N2O3/c1-14-8-9-15(12(16)6-7-13(17)18)11-5-3-2-4-10(11)14/h2-7H,8-9H2,1H3,(H,17,18). The lowest BCUT2D eigenvalue weighted by molar-refractivity contribution is -0.131. The van der Waals surface area contributed by atoms with E-state index in [0.29, 0.717) is 6.54 Å². The van der Waals surface area contributed by atoms with Crippen LogP contribution in [0, 0.1) is 0 Å². The van der Waals surface area contributed by atoms with E-state index in [9.17, 15) is 9.59 Å². The Morgan fingerprint density at radius 1 is 1.17 bits per heavy atom. The quantitative estimate of drug-likeness (QED) is 0.794. The number of aliphatic carboxylic acids is 1. The Bertz CT molecular complexity index is 511. The van der Waals surface area contributed by atoms with Gasteiger partial charge in [0.15, 0.2) is 0 Å². The molecule has 1 amide bonds. The Labute approximate surface area is 105 Å². The molecule has 0 aromatic heterocycles. The third kappa shape index (κ3) is 2.34. The first kappa shape index (κ1) is 12.2. The second-order valence-corrected chi connectivity index (χ2v) is 4.07. The van der Waals surface area contributed by atoms with Crippen molar-refractivity contribution < 1.29 is 14.7 Å². The average Bonchev–Trinajstić information content (AvgIpc) is 2.37. The first-order valence-electron chi connectivity index (χ1n) is 5.62. The van der Waals surface area contributed by atoms with Crippen LogP contribution in [0.2, 0.25) is 0 Å². The molecule has 94 valence electrons. The summed E-state index contributed by atoms with van der Waals surface area (Å²) in [6.45, 7) is 1.28. The molecule has 1 aliphatic rings. The van der Waals surface area contributed by atoms with Gasteiger partial charge in [-0.2, -0.15) is 0 Å². The molecular weight excluding hydrogens is 232 g/mol. The summed E-state index contributed by atoms with van der Waals surface area (Å²) >= 11 is 0. The number of carboxylic acids is 1. The van der Waals surface area contributed by atoms with Crippen molar-refractivity contribution in [1.82, 2.24) is 0 Å². The highest BCUT2D eigenvalue weighted by molar-refractivity contribution is 6.06. The maximum Gasteiger partial charge on any atom is 0.328 e. The van der Waals surface area contributed by atoms with Crippen molar-refractivity contribution in [3.8, 4) is 0 Å². The molecule has 0 radical (unpaired) electrons. The Morgan fingerprint density at radius 3 is 2.50 bits per heavy atom. The minimum absolute atomic E-state index is 0.307. The molecule has 0 saturated heterocycles. The normalized spacial score (nSPS) is 14.7. The van der Waals surface area contributed by atoms with Crippen LogP contribution in [0.3, 0.4) is 0 Å². The van der Waals surface area contributed by atoms with Crippen molar-refractivity contribution in [2.45, 2.75) is 0 Å². The zero-order valence-corrected chi connectivity index (χ0v) is 10.0. The van der Waals surface area contributed by atoms with Gasteiger partial charge in [-0.3, -0.25) is 4.79 Å². The summed E-state index contributed by atoms with van der Waals surface area (Å²) in [5.41, 5.74) is 1.78. The molecule has 0 atom stereocenters. The van der Waals surface area contributed by atoms with E-state index in [4.69, 9.17) is 5.11 Å². The Morgan fingerprint density at radius 2 is 1.83 bits per heavy atom. The smallest absolute Gasteiger partial charge is 0.328 e. The molecule has 5 nitrogen and oxygen atoms in total. The van der Waals surface area contributed by atoms with Gasteiger partial charge in [-0.1, -0.05) is 12.1 Å². The highest BCUT2D eigenvalue weighted by Gasteiger charge is 2.23. The minimum atomic E-state index is -1.12. The highest BCUT2D eigenvalue weighted by atomic mass is 16.4. The third-order valence-electron chi connectivity index (χ3n) is 2.88. The van der Waals surface area contributed by atoms with Gasteiger partial charge in [-0.25, -0.2) is 4.79 Å². The van der Waals surface area contributed by atoms with Crippen LogP contribution < -0.4 is 9.80 Å². The summed E-state index contributed by atoms with van der Waals surface area (Å²) in [6.07, 6.45) is 1.95. The summed E-state index contributed by atoms with van der Waals surface area (Å²) < 4.78 is 0. The number of carbonyl (C=O) groups excluding carboxylic acids is 1. The van der Waals surface area contributed by atoms with Gasteiger partial charge in [0, 0.05) is 32.3 Å². The van der Waals surface area contributed by atoms with Crippen LogP contribution in [0.5, 0.6) is 0 Å². The van der Waals surface area contributed by atoms with E-state index in [0.717, 1.165) is 30.1 Å². The van der Waals surface area contributed by atoms with Gasteiger partial charge in [-0.05, 0) is 12.1 Å². The molecule has 1 aromatic rings. The van der Waals surface area contributed by atoms with Gasteiger partial charge < -0.3 is 14.9 Å². The zero-order chi connectivity index (χ0) is 13.1. The largest absolute Gasteiger partial charge is 0.478 e. The summed E-state index contributed by atoms with van der Waals surface area (Å²) in [5, 5.41) is 8.53. The third-order valence-corrected chi connectivity index (χ3v) is 2.88. The topological polar surface area (TPSA) is 60.9 Å². The molecule has 2 rings (SSSR count). The van der Waals surface area contributed by atoms with Crippen LogP contribution >= 0.6 is 0 Å². The number of hydrogen-bond donors (Lipinski definition) is 1. The fourth-order valence-electron chi connectivity index (χ4n) is 1.97. The highest BCUT2D eigenvalue weighted by Crippen LogP contribution is 2.31. The fourth-order valence-corrected chi connectivity index (χ4v) is 1.97. The lowest BCUT2D eigenvalue weighted by Gasteiger charge is -2.35. The van der Waals surface area contributed by atoms with E-state index in [1.54, 1.807) is 4.90 Å². The van der Waals surface area contributed by atoms with E-state index in [1.165, 1.54) is 0 Å². The van der Waals surface area contributed by atoms with Gasteiger partial charge in [0.25, 0.3) is 5.91 Å². The molecule has 0 unspecified atom stereocenters. The number of carbonyl (C=O) groups is 2. The zero-order valence-electron chi connectivity index (χ0n) is 10.0. The molecule has 0 fully saturated rings. The van der Waals surface area contributed by atoms with Gasteiger partial charge >= 0.3 is 5.97 Å². The molecule has 0 saturated carbocycles. The van der Waals surface area contributed by atoms with Crippen LogP contribution in [-0.2, 0) is 9.59 Å². The predicted octanol–water partition coefficient (Wildman–Crippen LogP) is 1.11. The van der Waals surface area contributed by atoms with Gasteiger partial charge in [0.2, 0.25) is 0 Å². The Hall–Kier alpha value is -2.30. The molecule has 0 bridgehead atoms. The van der Waals surface area contributed by atoms with Crippen molar-refractivity contribution in [2.24, 2.45) is 0 Å². The second-order valence-electron chi connectivity index (χ2n) is 4.07. The van der Waals surface area contributed by atoms with Gasteiger partial charge in [0.1, 0.15) is 0 Å². The van der Waals surface area contributed by atoms with Crippen molar-refractivity contribution in [2.75, 3.05) is 29.9 Å². The molecule has 5 heteroatoms. The number of fused-ring (bicyclic) bond motifs is 1. The van der Waals surface area contributed by atoms with Crippen molar-refractivity contribution in [3.05, 3.63) is 36.4 Å². The van der Waals surface area contributed by atoms with E-state index in [1.807, 2.05) is 31.3 Å². The fraction of sp³-hybridized carbons (Fsp3) is 0.231. The number of anilines is 2. The van der Waals surface area contributed by atoms with Crippen LogP contribution in [0.15, 0.2) is 36.4 Å². The van der Waals surface area contributed by atoms with E-state index < -0.39 is 5.97 Å². The number of likely N-dealkylation sites (N-methyl/N-ethyl adjacent to an activating group) is 1. The van der Waals surface area contributed by atoms with E-state index in [2.05, 4.69) is 4.90 Å². The van der Waals surface area contributed by atoms with Crippen LogP contribution in [-0.4, -0.2) is 37.1 Å². The maximum atomic E-state index is 11.9. The van der Waals surface area contributed by atoms with Gasteiger partial charge in [-0.15, -0.1) is 0 Å². The summed E-state index contributed by atoms with van der Waals surface area (Å²) in [4.78, 5) is 26.0. The molecular formula is C13H14N2O3. The maximum absolute atomic E-state index is 11.9. The van der Waals surface area contributed by atoms with Crippen molar-refractivity contribution >= 4 is 23.3 Å². The lowest BCUT2D eigenvalue weighted by atomic mass is 10.1. The monoisotopic (exact) mass is 246 g/mol. The Kier molecular flexibility index (Phi) is 3.32. The van der Waals surface area contributed by atoms with Crippen LogP contribution in [0.25, 0.3) is 0 Å². The number of amides is 1. The number of hydrogen-bond acceptors (Lipinski definition) is 3. The Balaban J connectivity index is 2.29. The number of nitrogens with zero attached hydrogens (tertiary/aromatic N) is 2. The molecule has 0 aliphatic carbocycles. The summed E-state index contributed by atoms with van der Waals surface area (Å²) in [5.74, 6) is -1.43. The molecule has 1 aliphatic heterocycles. The first-order valence-corrected chi connectivity index (χ1v) is 5.62. The SMILES string of the molecule is CN1CCN(C(=O)C=CC(=O)O)c2ccccc21. The predicted molar refractivity (Wildman–Crippen MR) is 68.8 cm³/mol. The molecule has 1 heterocycles. The average molecular weight is 246 g/mol. The minimum Gasteiger partial charge on any atom is -0.478 e. The van der Waals surface area contributed by atoms with Crippen molar-refractivity contribution in [1.29, 1.82) is 0 Å². The molecule has 1 aromatic carbocycles. The van der Waals surface area contributed by atoms with Crippen LogP contribution in [0.1, 0.15) is 0 Å². The number of carboxylic acid groups (broad SMARTS) is 1. The number of benzene rings is 1. The summed E-state index contributed by atoms with van der Waals surface area (Å²) in [7, 11) is 1.97. The molecule has 18 heavy (non-hydrogen) atoms. The number of para-hydroxylation sites is 2. The molecule has 1 N–H and O–H groups in total. The lowest BCUT2D eigenvalue weighted by Crippen LogP contribution is -2.42. The van der Waals surface area contributed by atoms with E-state index >= 15 is 0 Å².